The Kier molecular flexibility index (Phi) is 5.77. The molecule has 0 atom stereocenters. The van der Waals surface area contributed by atoms with Crippen LogP contribution in [0.2, 0.25) is 5.02 Å². The SMILES string of the molecule is COc1ccccc1CNc1nc(NCc2ccccc2Cl)nc2ccccc12. The Morgan fingerprint density at radius 1 is 0.793 bits per heavy atom. The van der Waals surface area contributed by atoms with E-state index in [1.165, 1.54) is 0 Å². The van der Waals surface area contributed by atoms with E-state index < -0.39 is 0 Å². The number of ether oxygens (including phenoxy) is 1. The van der Waals surface area contributed by atoms with Crippen molar-refractivity contribution in [2.75, 3.05) is 17.7 Å². The Morgan fingerprint density at radius 3 is 2.31 bits per heavy atom. The van der Waals surface area contributed by atoms with Crippen molar-refractivity contribution in [3.8, 4) is 5.75 Å². The normalized spacial score (nSPS) is 10.7. The van der Waals surface area contributed by atoms with Crippen LogP contribution in [0.1, 0.15) is 11.1 Å². The van der Waals surface area contributed by atoms with Gasteiger partial charge in [0.2, 0.25) is 5.95 Å². The van der Waals surface area contributed by atoms with Gasteiger partial charge in [-0.15, -0.1) is 0 Å². The number of anilines is 2. The van der Waals surface area contributed by atoms with Crippen LogP contribution in [0.15, 0.2) is 72.8 Å². The average molecular weight is 405 g/mol. The van der Waals surface area contributed by atoms with Crippen LogP contribution in [0.25, 0.3) is 10.9 Å². The first kappa shape index (κ1) is 19.0. The molecule has 29 heavy (non-hydrogen) atoms. The zero-order chi connectivity index (χ0) is 20.1. The van der Waals surface area contributed by atoms with Crippen molar-refractivity contribution in [3.05, 3.63) is 88.9 Å². The van der Waals surface area contributed by atoms with E-state index in [0.29, 0.717) is 19.0 Å². The molecule has 5 nitrogen and oxygen atoms in total. The molecule has 0 saturated heterocycles. The quantitative estimate of drug-likeness (QED) is 0.425. The number of hydrogen-bond acceptors (Lipinski definition) is 5. The maximum absolute atomic E-state index is 6.26. The molecule has 0 fully saturated rings. The first-order chi connectivity index (χ1) is 14.2. The summed E-state index contributed by atoms with van der Waals surface area (Å²) in [4.78, 5) is 9.34. The first-order valence-electron chi connectivity index (χ1n) is 9.34. The average Bonchev–Trinajstić information content (AvgIpc) is 2.77. The van der Waals surface area contributed by atoms with Crippen molar-refractivity contribution >= 4 is 34.3 Å². The van der Waals surface area contributed by atoms with E-state index in [1.807, 2.05) is 72.8 Å². The summed E-state index contributed by atoms with van der Waals surface area (Å²) in [5.41, 5.74) is 2.92. The van der Waals surface area contributed by atoms with Crippen LogP contribution in [0.3, 0.4) is 0 Å². The molecule has 4 aromatic rings. The number of nitrogens with zero attached hydrogens (tertiary/aromatic N) is 2. The van der Waals surface area contributed by atoms with Crippen LogP contribution >= 0.6 is 11.6 Å². The molecular weight excluding hydrogens is 384 g/mol. The van der Waals surface area contributed by atoms with Crippen LogP contribution in [-0.4, -0.2) is 17.1 Å². The lowest BCUT2D eigenvalue weighted by Crippen LogP contribution is -2.08. The third-order valence-corrected chi connectivity index (χ3v) is 5.01. The summed E-state index contributed by atoms with van der Waals surface area (Å²) in [6, 6.07) is 23.6. The third-order valence-electron chi connectivity index (χ3n) is 4.64. The highest BCUT2D eigenvalue weighted by Crippen LogP contribution is 2.25. The summed E-state index contributed by atoms with van der Waals surface area (Å²) >= 11 is 6.26. The molecule has 0 unspecified atom stereocenters. The Labute approximate surface area is 174 Å². The van der Waals surface area contributed by atoms with Crippen molar-refractivity contribution < 1.29 is 4.74 Å². The fourth-order valence-corrected chi connectivity index (χ4v) is 3.34. The van der Waals surface area contributed by atoms with Gasteiger partial charge < -0.3 is 15.4 Å². The molecule has 2 N–H and O–H groups in total. The summed E-state index contributed by atoms with van der Waals surface area (Å²) in [6.07, 6.45) is 0. The predicted molar refractivity (Wildman–Crippen MR) is 119 cm³/mol. The van der Waals surface area contributed by atoms with Gasteiger partial charge in [0.15, 0.2) is 0 Å². The molecule has 0 aliphatic carbocycles. The van der Waals surface area contributed by atoms with E-state index in [2.05, 4.69) is 15.6 Å². The highest BCUT2D eigenvalue weighted by atomic mass is 35.5. The standard InChI is InChI=1S/C23H21ClN4O/c1-29-21-13-7-3-9-17(21)15-25-22-18-10-4-6-12-20(18)27-23(28-22)26-14-16-8-2-5-11-19(16)24/h2-13H,14-15H2,1H3,(H2,25,26,27,28). The summed E-state index contributed by atoms with van der Waals surface area (Å²) in [7, 11) is 1.68. The van der Waals surface area contributed by atoms with Crippen LogP contribution in [0.4, 0.5) is 11.8 Å². The third kappa shape index (κ3) is 4.41. The van der Waals surface area contributed by atoms with Gasteiger partial charge in [-0.1, -0.05) is 60.1 Å². The molecule has 0 saturated carbocycles. The second kappa shape index (κ2) is 8.80. The smallest absolute Gasteiger partial charge is 0.225 e. The predicted octanol–water partition coefficient (Wildman–Crippen LogP) is 5.52. The van der Waals surface area contributed by atoms with Crippen LogP contribution in [0, 0.1) is 0 Å². The molecule has 6 heteroatoms. The highest BCUT2D eigenvalue weighted by Gasteiger charge is 2.09. The molecule has 0 aliphatic rings. The van der Waals surface area contributed by atoms with Gasteiger partial charge in [0.05, 0.1) is 12.6 Å². The highest BCUT2D eigenvalue weighted by molar-refractivity contribution is 6.31. The summed E-state index contributed by atoms with van der Waals surface area (Å²) in [5, 5.41) is 8.40. The fourth-order valence-electron chi connectivity index (χ4n) is 3.13. The maximum atomic E-state index is 6.26. The number of para-hydroxylation sites is 2. The van der Waals surface area contributed by atoms with Gasteiger partial charge in [-0.25, -0.2) is 4.98 Å². The number of fused-ring (bicyclic) bond motifs is 1. The van der Waals surface area contributed by atoms with Crippen molar-refractivity contribution in [1.29, 1.82) is 0 Å². The second-order valence-electron chi connectivity index (χ2n) is 6.52. The Hall–Kier alpha value is -3.31. The molecule has 0 spiro atoms. The lowest BCUT2D eigenvalue weighted by atomic mass is 10.2. The zero-order valence-electron chi connectivity index (χ0n) is 16.0. The van der Waals surface area contributed by atoms with Crippen molar-refractivity contribution in [1.82, 2.24) is 9.97 Å². The summed E-state index contributed by atoms with van der Waals surface area (Å²) in [5.74, 6) is 2.16. The minimum Gasteiger partial charge on any atom is -0.496 e. The number of nitrogens with one attached hydrogen (secondary N) is 2. The number of aromatic nitrogens is 2. The Morgan fingerprint density at radius 2 is 1.48 bits per heavy atom. The molecule has 0 radical (unpaired) electrons. The zero-order valence-corrected chi connectivity index (χ0v) is 16.8. The van der Waals surface area contributed by atoms with Crippen molar-refractivity contribution in [3.63, 3.8) is 0 Å². The van der Waals surface area contributed by atoms with Gasteiger partial charge in [0.1, 0.15) is 11.6 Å². The largest absolute Gasteiger partial charge is 0.496 e. The van der Waals surface area contributed by atoms with Crippen molar-refractivity contribution in [2.45, 2.75) is 13.1 Å². The van der Waals surface area contributed by atoms with Gasteiger partial charge in [-0.05, 0) is 29.8 Å². The van der Waals surface area contributed by atoms with Gasteiger partial charge in [0.25, 0.3) is 0 Å². The number of methoxy groups -OCH3 is 1. The molecule has 1 heterocycles. The van der Waals surface area contributed by atoms with Crippen LogP contribution < -0.4 is 15.4 Å². The van der Waals surface area contributed by atoms with Gasteiger partial charge >= 0.3 is 0 Å². The van der Waals surface area contributed by atoms with Crippen LogP contribution in [-0.2, 0) is 13.1 Å². The van der Waals surface area contributed by atoms with E-state index in [4.69, 9.17) is 21.3 Å². The number of halogens is 1. The number of benzene rings is 3. The lowest BCUT2D eigenvalue weighted by Gasteiger charge is -2.13. The van der Waals surface area contributed by atoms with E-state index in [0.717, 1.165) is 38.6 Å². The molecule has 0 bridgehead atoms. The first-order valence-corrected chi connectivity index (χ1v) is 9.72. The van der Waals surface area contributed by atoms with Gasteiger partial charge in [-0.2, -0.15) is 4.98 Å². The van der Waals surface area contributed by atoms with E-state index in [9.17, 15) is 0 Å². The van der Waals surface area contributed by atoms with E-state index >= 15 is 0 Å². The molecule has 1 aromatic heterocycles. The van der Waals surface area contributed by atoms with E-state index in [1.54, 1.807) is 7.11 Å². The summed E-state index contributed by atoms with van der Waals surface area (Å²) in [6.45, 7) is 1.14. The minimum atomic E-state index is 0.546. The maximum Gasteiger partial charge on any atom is 0.225 e. The van der Waals surface area contributed by atoms with Gasteiger partial charge in [-0.3, -0.25) is 0 Å². The molecule has 3 aromatic carbocycles. The molecule has 0 aliphatic heterocycles. The Bertz CT molecular complexity index is 1130. The molecular formula is C23H21ClN4O. The van der Waals surface area contributed by atoms with Gasteiger partial charge in [0, 0.05) is 29.1 Å². The molecule has 0 amide bonds. The number of rotatable bonds is 7. The lowest BCUT2D eigenvalue weighted by molar-refractivity contribution is 0.410. The topological polar surface area (TPSA) is 59.1 Å². The summed E-state index contributed by atoms with van der Waals surface area (Å²) < 4.78 is 5.45. The number of hydrogen-bond donors (Lipinski definition) is 2. The molecule has 146 valence electrons. The Balaban J connectivity index is 1.60. The van der Waals surface area contributed by atoms with Crippen molar-refractivity contribution in [2.24, 2.45) is 0 Å². The minimum absolute atomic E-state index is 0.546. The van der Waals surface area contributed by atoms with Crippen LogP contribution in [0.5, 0.6) is 5.75 Å². The van der Waals surface area contributed by atoms with E-state index in [-0.39, 0.29) is 0 Å². The molecule has 4 rings (SSSR count). The monoisotopic (exact) mass is 404 g/mol. The fraction of sp³-hybridized carbons (Fsp3) is 0.130. The second-order valence-corrected chi connectivity index (χ2v) is 6.93.